The molecule has 0 aliphatic carbocycles. The fraction of sp³-hybridized carbons (Fsp3) is 0.133. The lowest BCUT2D eigenvalue weighted by molar-refractivity contribution is 0.284. The zero-order valence-corrected chi connectivity index (χ0v) is 17.0. The third-order valence-electron chi connectivity index (χ3n) is 3.37. The molecule has 0 atom stereocenters. The summed E-state index contributed by atoms with van der Waals surface area (Å²) in [5, 5.41) is 3.84. The predicted molar refractivity (Wildman–Crippen MR) is 103 cm³/mol. The van der Waals surface area contributed by atoms with Crippen LogP contribution >= 0.6 is 0 Å². The molecule has 0 aromatic heterocycles. The highest BCUT2D eigenvalue weighted by Crippen LogP contribution is 2.25. The number of nitrogens with zero attached hydrogens (tertiary/aromatic N) is 1. The minimum Gasteiger partial charge on any atom is -0.282 e. The van der Waals surface area contributed by atoms with Gasteiger partial charge in [0.1, 0.15) is 4.90 Å². The molecule has 2 aromatic carbocycles. The molecule has 0 bridgehead atoms. The lowest BCUT2D eigenvalue weighted by atomic mass is 10.2. The highest BCUT2D eigenvalue weighted by atomic mass is 32.3. The standard InChI is InChI=1S/C15H16N2O9S3/c18-27(19,9-8-26-29(23,24)25)13-6-7-14(15(10-13)28(20,21)22)17-16-11-12-4-2-1-3-5-12/h1-7,10-11,17H,8-9H2,(H,20,21,22)(H,23,24,25). The van der Waals surface area contributed by atoms with Gasteiger partial charge >= 0.3 is 10.4 Å². The Morgan fingerprint density at radius 3 is 2.21 bits per heavy atom. The smallest absolute Gasteiger partial charge is 0.282 e. The van der Waals surface area contributed by atoms with Gasteiger partial charge in [-0.3, -0.25) is 14.5 Å². The zero-order valence-electron chi connectivity index (χ0n) is 14.5. The van der Waals surface area contributed by atoms with Gasteiger partial charge in [0, 0.05) is 0 Å². The van der Waals surface area contributed by atoms with Gasteiger partial charge in [0.15, 0.2) is 9.84 Å². The van der Waals surface area contributed by atoms with Crippen LogP contribution in [0, 0.1) is 0 Å². The predicted octanol–water partition coefficient (Wildman–Crippen LogP) is 0.972. The van der Waals surface area contributed by atoms with E-state index in [1.165, 1.54) is 6.21 Å². The highest BCUT2D eigenvalue weighted by Gasteiger charge is 2.22. The summed E-state index contributed by atoms with van der Waals surface area (Å²) in [6.07, 6.45) is 1.38. The molecular formula is C15H16N2O9S3. The Bertz CT molecular complexity index is 1210. The van der Waals surface area contributed by atoms with E-state index in [9.17, 15) is 29.8 Å². The molecule has 0 spiro atoms. The average Bonchev–Trinajstić information content (AvgIpc) is 2.60. The van der Waals surface area contributed by atoms with Crippen LogP contribution in [-0.2, 0) is 34.5 Å². The molecule has 0 heterocycles. The van der Waals surface area contributed by atoms with Crippen molar-refractivity contribution in [1.29, 1.82) is 0 Å². The molecular weight excluding hydrogens is 448 g/mol. The topological polar surface area (TPSA) is 176 Å². The van der Waals surface area contributed by atoms with Crippen LogP contribution in [0.5, 0.6) is 0 Å². The van der Waals surface area contributed by atoms with Crippen LogP contribution in [0.25, 0.3) is 0 Å². The summed E-state index contributed by atoms with van der Waals surface area (Å²) in [5.74, 6) is -0.864. The average molecular weight is 464 g/mol. The first kappa shape index (κ1) is 22.9. The SMILES string of the molecule is O=S(=O)(O)OCCS(=O)(=O)c1ccc(NN=Cc2ccccc2)c(S(=O)(=O)O)c1. The van der Waals surface area contributed by atoms with Crippen molar-refractivity contribution in [1.82, 2.24) is 0 Å². The maximum absolute atomic E-state index is 12.2. The first-order chi connectivity index (χ1) is 13.4. The number of hydrogen-bond donors (Lipinski definition) is 3. The highest BCUT2D eigenvalue weighted by molar-refractivity contribution is 7.91. The molecule has 14 heteroatoms. The van der Waals surface area contributed by atoms with Crippen LogP contribution in [-0.4, -0.2) is 52.9 Å². The maximum Gasteiger partial charge on any atom is 0.397 e. The van der Waals surface area contributed by atoms with E-state index in [0.29, 0.717) is 11.6 Å². The van der Waals surface area contributed by atoms with E-state index >= 15 is 0 Å². The molecule has 0 saturated heterocycles. The van der Waals surface area contributed by atoms with Gasteiger partial charge in [-0.2, -0.15) is 21.9 Å². The lowest BCUT2D eigenvalue weighted by Crippen LogP contribution is -2.16. The number of anilines is 1. The molecule has 0 radical (unpaired) electrons. The largest absolute Gasteiger partial charge is 0.397 e. The summed E-state index contributed by atoms with van der Waals surface area (Å²) >= 11 is 0. The molecule has 11 nitrogen and oxygen atoms in total. The zero-order chi connectivity index (χ0) is 21.7. The number of benzene rings is 2. The minimum absolute atomic E-state index is 0.187. The van der Waals surface area contributed by atoms with Gasteiger partial charge in [-0.15, -0.1) is 0 Å². The van der Waals surface area contributed by atoms with Gasteiger partial charge in [-0.25, -0.2) is 12.6 Å². The van der Waals surface area contributed by atoms with Crippen molar-refractivity contribution in [2.45, 2.75) is 9.79 Å². The molecule has 158 valence electrons. The number of sulfone groups is 1. The van der Waals surface area contributed by atoms with Gasteiger partial charge in [-0.1, -0.05) is 30.3 Å². The van der Waals surface area contributed by atoms with Crippen molar-refractivity contribution in [2.24, 2.45) is 5.10 Å². The monoisotopic (exact) mass is 464 g/mol. The van der Waals surface area contributed by atoms with Gasteiger partial charge in [0.2, 0.25) is 0 Å². The van der Waals surface area contributed by atoms with Crippen LogP contribution in [0.15, 0.2) is 63.4 Å². The van der Waals surface area contributed by atoms with Crippen molar-refractivity contribution in [2.75, 3.05) is 17.8 Å². The Hall–Kier alpha value is -2.36. The summed E-state index contributed by atoms with van der Waals surface area (Å²) in [7, 11) is -13.8. The summed E-state index contributed by atoms with van der Waals surface area (Å²) in [4.78, 5) is -1.26. The molecule has 3 N–H and O–H groups in total. The molecule has 0 aliphatic rings. The fourth-order valence-corrected chi connectivity index (χ4v) is 4.34. The molecule has 2 rings (SSSR count). The van der Waals surface area contributed by atoms with Crippen LogP contribution < -0.4 is 5.43 Å². The summed E-state index contributed by atoms with van der Waals surface area (Å²) in [6.45, 7) is -0.885. The lowest BCUT2D eigenvalue weighted by Gasteiger charge is -2.10. The first-order valence-electron chi connectivity index (χ1n) is 7.69. The third-order valence-corrected chi connectivity index (χ3v) is 6.41. The number of nitrogens with one attached hydrogen (secondary N) is 1. The minimum atomic E-state index is -4.83. The fourth-order valence-electron chi connectivity index (χ4n) is 2.08. The molecule has 0 saturated carbocycles. The van der Waals surface area contributed by atoms with Crippen molar-refractivity contribution in [3.05, 3.63) is 54.1 Å². The Morgan fingerprint density at radius 1 is 0.966 bits per heavy atom. The molecule has 0 unspecified atom stereocenters. The normalized spacial score (nSPS) is 12.9. The molecule has 29 heavy (non-hydrogen) atoms. The summed E-state index contributed by atoms with van der Waals surface area (Å²) in [6, 6.07) is 11.6. The molecule has 2 aromatic rings. The first-order valence-corrected chi connectivity index (χ1v) is 12.1. The number of hydrogen-bond acceptors (Lipinski definition) is 9. The van der Waals surface area contributed by atoms with Crippen LogP contribution in [0.4, 0.5) is 5.69 Å². The maximum atomic E-state index is 12.2. The van der Waals surface area contributed by atoms with E-state index in [0.717, 1.165) is 12.1 Å². The van der Waals surface area contributed by atoms with E-state index in [2.05, 4.69) is 14.7 Å². The second-order valence-electron chi connectivity index (χ2n) is 5.48. The molecule has 0 fully saturated rings. The Morgan fingerprint density at radius 2 is 1.62 bits per heavy atom. The van der Waals surface area contributed by atoms with Crippen molar-refractivity contribution in [3.8, 4) is 0 Å². The van der Waals surface area contributed by atoms with Gasteiger partial charge in [0.25, 0.3) is 10.1 Å². The van der Waals surface area contributed by atoms with Crippen LogP contribution in [0.1, 0.15) is 5.56 Å². The van der Waals surface area contributed by atoms with Crippen LogP contribution in [0.2, 0.25) is 0 Å². The Balaban J connectivity index is 2.28. The number of rotatable bonds is 9. The summed E-state index contributed by atoms with van der Waals surface area (Å²) < 4.78 is 90.5. The van der Waals surface area contributed by atoms with Crippen molar-refractivity contribution < 1.29 is 38.5 Å². The van der Waals surface area contributed by atoms with E-state index < -0.39 is 52.5 Å². The second kappa shape index (κ2) is 8.98. The molecule has 0 aliphatic heterocycles. The quantitative estimate of drug-likeness (QED) is 0.275. The second-order valence-corrected chi connectivity index (χ2v) is 10.1. The molecule has 0 amide bonds. The van der Waals surface area contributed by atoms with Gasteiger partial charge in [-0.05, 0) is 23.8 Å². The third kappa shape index (κ3) is 7.19. The Labute approximate surface area is 167 Å². The summed E-state index contributed by atoms with van der Waals surface area (Å²) in [5.41, 5.74) is 2.92. The van der Waals surface area contributed by atoms with E-state index in [1.807, 2.05) is 0 Å². The number of hydrazone groups is 1. The van der Waals surface area contributed by atoms with Crippen LogP contribution in [0.3, 0.4) is 0 Å². The Kier molecular flexibility index (Phi) is 7.10. The van der Waals surface area contributed by atoms with E-state index in [4.69, 9.17) is 4.55 Å². The van der Waals surface area contributed by atoms with E-state index in [1.54, 1.807) is 30.3 Å². The van der Waals surface area contributed by atoms with Crippen molar-refractivity contribution >= 4 is 42.3 Å². The van der Waals surface area contributed by atoms with Gasteiger partial charge < -0.3 is 0 Å². The van der Waals surface area contributed by atoms with E-state index in [-0.39, 0.29) is 5.69 Å². The van der Waals surface area contributed by atoms with Crippen molar-refractivity contribution in [3.63, 3.8) is 0 Å². The van der Waals surface area contributed by atoms with Gasteiger partial charge in [0.05, 0.1) is 29.2 Å².